The molecule has 0 bridgehead atoms. The molecule has 1 aliphatic carbocycles. The summed E-state index contributed by atoms with van der Waals surface area (Å²) < 4.78 is 35.8. The minimum Gasteiger partial charge on any atom is -0.455 e. The molecule has 2 N–H and O–H groups in total. The topological polar surface area (TPSA) is 114 Å². The molecule has 0 atom stereocenters. The van der Waals surface area contributed by atoms with Crippen LogP contribution in [0.25, 0.3) is 33.4 Å². The SMILES string of the molecule is CNC(=O)c1c(-c2ccc(F)cc2)oc2ccc(-c3cc(C(=O)NC4(c5ncccn5)CC(=O)C4)ccc3C)c(F)c12. The fraction of sp³-hybridized carbons (Fsp3) is 0.156. The van der Waals surface area contributed by atoms with Crippen LogP contribution in [-0.4, -0.2) is 34.6 Å². The zero-order chi connectivity index (χ0) is 29.6. The fourth-order valence-corrected chi connectivity index (χ4v) is 5.32. The van der Waals surface area contributed by atoms with Crippen LogP contribution in [0.3, 0.4) is 0 Å². The molecule has 5 aromatic rings. The second-order valence-corrected chi connectivity index (χ2v) is 10.2. The Bertz CT molecular complexity index is 1880. The normalized spacial score (nSPS) is 14.0. The molecule has 2 aromatic heterocycles. The Morgan fingerprint density at radius 1 is 0.929 bits per heavy atom. The molecule has 6 rings (SSSR count). The number of benzene rings is 3. The Balaban J connectivity index is 1.42. The molecule has 2 amide bonds. The molecule has 210 valence electrons. The van der Waals surface area contributed by atoms with E-state index in [0.717, 1.165) is 0 Å². The van der Waals surface area contributed by atoms with Crippen LogP contribution >= 0.6 is 0 Å². The van der Waals surface area contributed by atoms with Gasteiger partial charge in [0, 0.05) is 49.0 Å². The summed E-state index contributed by atoms with van der Waals surface area (Å²) in [6.45, 7) is 1.78. The molecule has 0 saturated heterocycles. The number of ketones is 1. The highest BCUT2D eigenvalue weighted by Crippen LogP contribution is 2.40. The lowest BCUT2D eigenvalue weighted by Crippen LogP contribution is -2.56. The van der Waals surface area contributed by atoms with Crippen molar-refractivity contribution >= 4 is 28.6 Å². The molecule has 1 aliphatic rings. The number of fused-ring (bicyclic) bond motifs is 1. The van der Waals surface area contributed by atoms with Gasteiger partial charge in [-0.2, -0.15) is 0 Å². The van der Waals surface area contributed by atoms with E-state index >= 15 is 4.39 Å². The van der Waals surface area contributed by atoms with Crippen LogP contribution < -0.4 is 10.6 Å². The molecule has 10 heteroatoms. The summed E-state index contributed by atoms with van der Waals surface area (Å²) in [5.74, 6) is -1.77. The first-order valence-electron chi connectivity index (χ1n) is 13.2. The number of amides is 2. The molecule has 0 radical (unpaired) electrons. The third kappa shape index (κ3) is 4.50. The fourth-order valence-electron chi connectivity index (χ4n) is 5.32. The van der Waals surface area contributed by atoms with Crippen LogP contribution in [0.4, 0.5) is 8.78 Å². The Labute approximate surface area is 238 Å². The molecule has 3 aromatic carbocycles. The zero-order valence-corrected chi connectivity index (χ0v) is 22.6. The number of hydrogen-bond acceptors (Lipinski definition) is 6. The molecule has 2 heterocycles. The van der Waals surface area contributed by atoms with Crippen LogP contribution in [0.5, 0.6) is 0 Å². The van der Waals surface area contributed by atoms with E-state index in [0.29, 0.717) is 22.5 Å². The number of Topliss-reactive ketones (excluding diaryl/α,β-unsaturated/α-hetero) is 1. The van der Waals surface area contributed by atoms with Crippen molar-refractivity contribution in [1.29, 1.82) is 0 Å². The number of nitrogens with zero attached hydrogens (tertiary/aromatic N) is 2. The predicted molar refractivity (Wildman–Crippen MR) is 151 cm³/mol. The first kappa shape index (κ1) is 26.9. The van der Waals surface area contributed by atoms with E-state index in [2.05, 4.69) is 20.6 Å². The predicted octanol–water partition coefficient (Wildman–Crippen LogP) is 5.49. The number of furan rings is 1. The summed E-state index contributed by atoms with van der Waals surface area (Å²) in [7, 11) is 1.42. The molecule has 0 spiro atoms. The smallest absolute Gasteiger partial charge is 0.255 e. The number of aryl methyl sites for hydroxylation is 1. The second-order valence-electron chi connectivity index (χ2n) is 10.2. The number of nitrogens with one attached hydrogen (secondary N) is 2. The van der Waals surface area contributed by atoms with Crippen molar-refractivity contribution in [3.63, 3.8) is 0 Å². The Morgan fingerprint density at radius 2 is 1.64 bits per heavy atom. The van der Waals surface area contributed by atoms with E-state index in [1.165, 1.54) is 37.4 Å². The molecule has 0 unspecified atom stereocenters. The first-order chi connectivity index (χ1) is 20.2. The van der Waals surface area contributed by atoms with Gasteiger partial charge in [-0.05, 0) is 72.6 Å². The summed E-state index contributed by atoms with van der Waals surface area (Å²) in [5, 5.41) is 5.41. The van der Waals surface area contributed by atoms with Gasteiger partial charge in [-0.3, -0.25) is 14.4 Å². The third-order valence-electron chi connectivity index (χ3n) is 7.49. The molecule has 42 heavy (non-hydrogen) atoms. The van der Waals surface area contributed by atoms with E-state index in [9.17, 15) is 18.8 Å². The van der Waals surface area contributed by atoms with Crippen molar-refractivity contribution in [3.8, 4) is 22.5 Å². The van der Waals surface area contributed by atoms with Crippen molar-refractivity contribution in [3.05, 3.63) is 107 Å². The average Bonchev–Trinajstić information content (AvgIpc) is 3.38. The van der Waals surface area contributed by atoms with Gasteiger partial charge in [-0.1, -0.05) is 6.07 Å². The number of carbonyl (C=O) groups is 3. The molecule has 8 nitrogen and oxygen atoms in total. The molecule has 0 aliphatic heterocycles. The highest BCUT2D eigenvalue weighted by atomic mass is 19.1. The number of halogens is 2. The van der Waals surface area contributed by atoms with Gasteiger partial charge in [0.25, 0.3) is 11.8 Å². The minimum atomic E-state index is -1.01. The quantitative estimate of drug-likeness (QED) is 0.281. The van der Waals surface area contributed by atoms with Crippen LogP contribution in [0.2, 0.25) is 0 Å². The standard InChI is InChI=1S/C32H24F2N4O4/c1-17-4-5-19(29(40)38-32(15-21(39)16-32)31-36-12-3-13-37-31)14-23(17)22-10-11-24-25(27(22)34)26(30(41)35-2)28(42-24)18-6-8-20(33)9-7-18/h3-14H,15-16H2,1-2H3,(H,35,41)(H,38,40). The lowest BCUT2D eigenvalue weighted by atomic mass is 9.74. The van der Waals surface area contributed by atoms with Crippen LogP contribution in [0.1, 0.15) is 44.9 Å². The van der Waals surface area contributed by atoms with Gasteiger partial charge >= 0.3 is 0 Å². The highest BCUT2D eigenvalue weighted by molar-refractivity contribution is 6.12. The Kier molecular flexibility index (Phi) is 6.61. The molecule has 1 saturated carbocycles. The summed E-state index contributed by atoms with van der Waals surface area (Å²) in [6, 6.07) is 15.0. The number of carbonyl (C=O) groups excluding carboxylic acids is 3. The third-order valence-corrected chi connectivity index (χ3v) is 7.49. The van der Waals surface area contributed by atoms with Gasteiger partial charge in [0.05, 0.1) is 10.9 Å². The molecule has 1 fully saturated rings. The second kappa shape index (κ2) is 10.3. The van der Waals surface area contributed by atoms with Crippen molar-refractivity contribution in [1.82, 2.24) is 20.6 Å². The zero-order valence-electron chi connectivity index (χ0n) is 22.6. The van der Waals surface area contributed by atoms with Gasteiger partial charge in [0.2, 0.25) is 0 Å². The molecular formula is C32H24F2N4O4. The van der Waals surface area contributed by atoms with Gasteiger partial charge in [-0.15, -0.1) is 0 Å². The van der Waals surface area contributed by atoms with Crippen molar-refractivity contribution in [2.45, 2.75) is 25.3 Å². The summed E-state index contributed by atoms with van der Waals surface area (Å²) in [5.41, 5.74) is 1.04. The monoisotopic (exact) mass is 566 g/mol. The Hall–Kier alpha value is -5.25. The minimum absolute atomic E-state index is 0.0187. The maximum atomic E-state index is 16.4. The lowest BCUT2D eigenvalue weighted by molar-refractivity contribution is -0.129. The highest BCUT2D eigenvalue weighted by Gasteiger charge is 2.48. The van der Waals surface area contributed by atoms with Crippen molar-refractivity contribution in [2.75, 3.05) is 7.05 Å². The Morgan fingerprint density at radius 3 is 2.31 bits per heavy atom. The van der Waals surface area contributed by atoms with E-state index in [4.69, 9.17) is 4.42 Å². The summed E-state index contributed by atoms with van der Waals surface area (Å²) >= 11 is 0. The van der Waals surface area contributed by atoms with Crippen LogP contribution in [0, 0.1) is 18.6 Å². The number of aromatic nitrogens is 2. The molecular weight excluding hydrogens is 542 g/mol. The van der Waals surface area contributed by atoms with Crippen LogP contribution in [0.15, 0.2) is 77.5 Å². The maximum Gasteiger partial charge on any atom is 0.255 e. The van der Waals surface area contributed by atoms with Crippen LogP contribution in [-0.2, 0) is 10.3 Å². The van der Waals surface area contributed by atoms with E-state index in [1.807, 2.05) is 0 Å². The van der Waals surface area contributed by atoms with E-state index in [1.54, 1.807) is 49.6 Å². The van der Waals surface area contributed by atoms with E-state index in [-0.39, 0.29) is 52.0 Å². The largest absolute Gasteiger partial charge is 0.455 e. The summed E-state index contributed by atoms with van der Waals surface area (Å²) in [6.07, 6.45) is 3.25. The van der Waals surface area contributed by atoms with Crippen molar-refractivity contribution in [2.24, 2.45) is 0 Å². The van der Waals surface area contributed by atoms with E-state index < -0.39 is 29.0 Å². The first-order valence-corrected chi connectivity index (χ1v) is 13.2. The van der Waals surface area contributed by atoms with Gasteiger partial charge in [0.15, 0.2) is 5.82 Å². The maximum absolute atomic E-state index is 16.4. The van der Waals surface area contributed by atoms with Gasteiger partial charge in [-0.25, -0.2) is 18.7 Å². The van der Waals surface area contributed by atoms with Gasteiger partial charge < -0.3 is 15.1 Å². The van der Waals surface area contributed by atoms with Crippen molar-refractivity contribution < 1.29 is 27.6 Å². The number of rotatable bonds is 6. The summed E-state index contributed by atoms with van der Waals surface area (Å²) in [4.78, 5) is 46.8. The number of hydrogen-bond donors (Lipinski definition) is 2. The average molecular weight is 567 g/mol. The lowest BCUT2D eigenvalue weighted by Gasteiger charge is -2.39. The van der Waals surface area contributed by atoms with Gasteiger partial charge in [0.1, 0.15) is 34.3 Å².